The first-order chi connectivity index (χ1) is 10.2. The molecule has 112 valence electrons. The van der Waals surface area contributed by atoms with Crippen molar-refractivity contribution in [3.05, 3.63) is 30.5 Å². The van der Waals surface area contributed by atoms with Crippen molar-refractivity contribution >= 4 is 16.6 Å². The SMILES string of the molecule is CC(C)CN(CC1CCCN1)c1nncc2ccccc12. The molecule has 0 spiro atoms. The molecular weight excluding hydrogens is 260 g/mol. The van der Waals surface area contributed by atoms with Crippen molar-refractivity contribution < 1.29 is 0 Å². The minimum absolute atomic E-state index is 0.574. The third kappa shape index (κ3) is 3.32. The Morgan fingerprint density at radius 1 is 1.33 bits per heavy atom. The minimum atomic E-state index is 0.574. The van der Waals surface area contributed by atoms with Gasteiger partial charge < -0.3 is 10.2 Å². The van der Waals surface area contributed by atoms with Gasteiger partial charge in [0.1, 0.15) is 0 Å². The number of fused-ring (bicyclic) bond motifs is 1. The van der Waals surface area contributed by atoms with Crippen LogP contribution >= 0.6 is 0 Å². The van der Waals surface area contributed by atoms with Crippen LogP contribution in [0.25, 0.3) is 10.8 Å². The number of aromatic nitrogens is 2. The molecule has 1 aromatic heterocycles. The maximum Gasteiger partial charge on any atom is 0.159 e. The van der Waals surface area contributed by atoms with Gasteiger partial charge in [0.15, 0.2) is 5.82 Å². The number of hydrogen-bond donors (Lipinski definition) is 1. The standard InChI is InChI=1S/C17H24N4/c1-13(2)11-21(12-15-7-5-9-18-15)17-16-8-4-3-6-14(16)10-19-20-17/h3-4,6,8,10,13,15,18H,5,7,9,11-12H2,1-2H3. The van der Waals surface area contributed by atoms with Crippen LogP contribution in [-0.2, 0) is 0 Å². The van der Waals surface area contributed by atoms with E-state index in [4.69, 9.17) is 0 Å². The molecule has 0 aliphatic carbocycles. The van der Waals surface area contributed by atoms with Gasteiger partial charge in [0, 0.05) is 29.9 Å². The van der Waals surface area contributed by atoms with E-state index in [0.717, 1.165) is 30.8 Å². The van der Waals surface area contributed by atoms with Crippen LogP contribution in [-0.4, -0.2) is 35.9 Å². The van der Waals surface area contributed by atoms with Crippen LogP contribution in [0.2, 0.25) is 0 Å². The molecule has 0 amide bonds. The Bertz CT molecular complexity index is 585. The zero-order valence-electron chi connectivity index (χ0n) is 12.9. The Balaban J connectivity index is 1.92. The van der Waals surface area contributed by atoms with Gasteiger partial charge in [0.25, 0.3) is 0 Å². The Morgan fingerprint density at radius 2 is 2.19 bits per heavy atom. The van der Waals surface area contributed by atoms with Crippen LogP contribution < -0.4 is 10.2 Å². The molecule has 3 rings (SSSR count). The van der Waals surface area contributed by atoms with E-state index in [-0.39, 0.29) is 0 Å². The van der Waals surface area contributed by atoms with Gasteiger partial charge >= 0.3 is 0 Å². The van der Waals surface area contributed by atoms with Gasteiger partial charge in [-0.25, -0.2) is 0 Å². The quantitative estimate of drug-likeness (QED) is 0.916. The van der Waals surface area contributed by atoms with Gasteiger partial charge in [0.2, 0.25) is 0 Å². The second-order valence-corrected chi connectivity index (χ2v) is 6.35. The first-order valence-corrected chi connectivity index (χ1v) is 7.93. The molecule has 4 heteroatoms. The monoisotopic (exact) mass is 284 g/mol. The second-order valence-electron chi connectivity index (χ2n) is 6.35. The van der Waals surface area contributed by atoms with Gasteiger partial charge in [-0.1, -0.05) is 38.1 Å². The Labute approximate surface area is 126 Å². The highest BCUT2D eigenvalue weighted by atomic mass is 15.3. The maximum absolute atomic E-state index is 4.45. The molecule has 2 aromatic rings. The van der Waals surface area contributed by atoms with Crippen LogP contribution in [0.1, 0.15) is 26.7 Å². The summed E-state index contributed by atoms with van der Waals surface area (Å²) < 4.78 is 0. The average molecular weight is 284 g/mol. The molecule has 1 aliphatic rings. The number of nitrogens with zero attached hydrogens (tertiary/aromatic N) is 3. The number of nitrogens with one attached hydrogen (secondary N) is 1. The topological polar surface area (TPSA) is 41.0 Å². The summed E-state index contributed by atoms with van der Waals surface area (Å²) in [6, 6.07) is 8.96. The molecule has 4 nitrogen and oxygen atoms in total. The lowest BCUT2D eigenvalue weighted by Gasteiger charge is -2.29. The first kappa shape index (κ1) is 14.3. The number of hydrogen-bond acceptors (Lipinski definition) is 4. The summed E-state index contributed by atoms with van der Waals surface area (Å²) in [7, 11) is 0. The van der Waals surface area contributed by atoms with Gasteiger partial charge in [-0.15, -0.1) is 5.10 Å². The molecule has 0 saturated carbocycles. The molecule has 1 aliphatic heterocycles. The summed E-state index contributed by atoms with van der Waals surface area (Å²) in [5.41, 5.74) is 0. The van der Waals surface area contributed by atoms with Crippen molar-refractivity contribution in [2.24, 2.45) is 5.92 Å². The van der Waals surface area contributed by atoms with Crippen LogP contribution in [0.5, 0.6) is 0 Å². The lowest BCUT2D eigenvalue weighted by atomic mass is 10.1. The number of benzene rings is 1. The first-order valence-electron chi connectivity index (χ1n) is 7.93. The average Bonchev–Trinajstić information content (AvgIpc) is 2.98. The molecule has 2 heterocycles. The Morgan fingerprint density at radius 3 is 2.95 bits per heavy atom. The Hall–Kier alpha value is -1.68. The highest BCUT2D eigenvalue weighted by Crippen LogP contribution is 2.24. The van der Waals surface area contributed by atoms with E-state index in [1.165, 1.54) is 18.2 Å². The van der Waals surface area contributed by atoms with Crippen molar-refractivity contribution in [3.63, 3.8) is 0 Å². The van der Waals surface area contributed by atoms with E-state index in [0.29, 0.717) is 12.0 Å². The van der Waals surface area contributed by atoms with Crippen LogP contribution in [0, 0.1) is 5.92 Å². The van der Waals surface area contributed by atoms with Crippen LogP contribution in [0.15, 0.2) is 30.5 Å². The summed E-state index contributed by atoms with van der Waals surface area (Å²) in [5, 5.41) is 14.6. The molecular formula is C17H24N4. The van der Waals surface area contributed by atoms with Gasteiger partial charge in [-0.05, 0) is 25.3 Å². The maximum atomic E-state index is 4.45. The largest absolute Gasteiger partial charge is 0.353 e. The highest BCUT2D eigenvalue weighted by molar-refractivity contribution is 5.91. The fourth-order valence-corrected chi connectivity index (χ4v) is 3.11. The number of rotatable bonds is 5. The van der Waals surface area contributed by atoms with E-state index < -0.39 is 0 Å². The van der Waals surface area contributed by atoms with Crippen LogP contribution in [0.4, 0.5) is 5.82 Å². The lowest BCUT2D eigenvalue weighted by Crippen LogP contribution is -2.40. The van der Waals surface area contributed by atoms with Crippen molar-refractivity contribution in [1.82, 2.24) is 15.5 Å². The predicted molar refractivity (Wildman–Crippen MR) is 87.6 cm³/mol. The molecule has 1 fully saturated rings. The van der Waals surface area contributed by atoms with Crippen molar-refractivity contribution in [1.29, 1.82) is 0 Å². The molecule has 1 aromatic carbocycles. The Kier molecular flexibility index (Phi) is 4.34. The molecule has 1 unspecified atom stereocenters. The molecule has 1 atom stereocenters. The van der Waals surface area contributed by atoms with Crippen molar-refractivity contribution in [3.8, 4) is 0 Å². The van der Waals surface area contributed by atoms with Gasteiger partial charge in [-0.2, -0.15) is 5.10 Å². The van der Waals surface area contributed by atoms with E-state index in [1.807, 2.05) is 6.20 Å². The van der Waals surface area contributed by atoms with E-state index >= 15 is 0 Å². The lowest BCUT2D eigenvalue weighted by molar-refractivity contribution is 0.537. The van der Waals surface area contributed by atoms with E-state index in [9.17, 15) is 0 Å². The highest BCUT2D eigenvalue weighted by Gasteiger charge is 2.21. The predicted octanol–water partition coefficient (Wildman–Crippen LogP) is 2.84. The minimum Gasteiger partial charge on any atom is -0.353 e. The summed E-state index contributed by atoms with van der Waals surface area (Å²) in [5.74, 6) is 1.63. The molecule has 21 heavy (non-hydrogen) atoms. The molecule has 0 bridgehead atoms. The molecule has 1 saturated heterocycles. The van der Waals surface area contributed by atoms with Crippen molar-refractivity contribution in [2.45, 2.75) is 32.7 Å². The number of anilines is 1. The zero-order valence-corrected chi connectivity index (χ0v) is 12.9. The normalized spacial score (nSPS) is 18.5. The summed E-state index contributed by atoms with van der Waals surface area (Å²) in [6.07, 6.45) is 4.38. The summed E-state index contributed by atoms with van der Waals surface area (Å²) in [6.45, 7) is 7.68. The van der Waals surface area contributed by atoms with Crippen LogP contribution in [0.3, 0.4) is 0 Å². The fraction of sp³-hybridized carbons (Fsp3) is 0.529. The van der Waals surface area contributed by atoms with Crippen molar-refractivity contribution in [2.75, 3.05) is 24.5 Å². The zero-order chi connectivity index (χ0) is 14.7. The molecule has 1 N–H and O–H groups in total. The third-order valence-electron chi connectivity index (χ3n) is 4.04. The smallest absolute Gasteiger partial charge is 0.159 e. The van der Waals surface area contributed by atoms with Gasteiger partial charge in [-0.3, -0.25) is 0 Å². The molecule has 0 radical (unpaired) electrons. The van der Waals surface area contributed by atoms with E-state index in [1.54, 1.807) is 0 Å². The second kappa shape index (κ2) is 6.39. The third-order valence-corrected chi connectivity index (χ3v) is 4.04. The fourth-order valence-electron chi connectivity index (χ4n) is 3.11. The van der Waals surface area contributed by atoms with Gasteiger partial charge in [0.05, 0.1) is 6.20 Å². The van der Waals surface area contributed by atoms with E-state index in [2.05, 4.69) is 58.5 Å². The summed E-state index contributed by atoms with van der Waals surface area (Å²) in [4.78, 5) is 2.41. The summed E-state index contributed by atoms with van der Waals surface area (Å²) >= 11 is 0.